The fourth-order valence-corrected chi connectivity index (χ4v) is 2.19. The van der Waals surface area contributed by atoms with Gasteiger partial charge in [0.2, 0.25) is 5.95 Å². The van der Waals surface area contributed by atoms with Crippen LogP contribution in [0.5, 0.6) is 0 Å². The molecule has 2 aromatic rings. The second kappa shape index (κ2) is 5.04. The number of nitrogens with zero attached hydrogens (tertiary/aromatic N) is 4. The Morgan fingerprint density at radius 3 is 2.75 bits per heavy atom. The van der Waals surface area contributed by atoms with Crippen LogP contribution in [-0.4, -0.2) is 64.0 Å². The molecule has 2 aromatic heterocycles. The number of carbonyl (C=O) groups excluding carboxylic acids is 1. The molecule has 0 saturated carbocycles. The van der Waals surface area contributed by atoms with Crippen LogP contribution in [0.25, 0.3) is 11.2 Å². The van der Waals surface area contributed by atoms with Crippen molar-refractivity contribution in [2.24, 2.45) is 0 Å². The minimum atomic E-state index is -0.631. The molecule has 0 atom stereocenters. The summed E-state index contributed by atoms with van der Waals surface area (Å²) in [6.07, 6.45) is 2.92. The van der Waals surface area contributed by atoms with E-state index in [1.54, 1.807) is 4.90 Å². The number of piperazine rings is 1. The number of aromatic amines is 1. The lowest BCUT2D eigenvalue weighted by Gasteiger charge is -2.32. The Labute approximate surface area is 114 Å². The van der Waals surface area contributed by atoms with E-state index in [-0.39, 0.29) is 11.7 Å². The van der Waals surface area contributed by atoms with Crippen LogP contribution in [0.4, 0.5) is 14.9 Å². The highest BCUT2D eigenvalue weighted by Crippen LogP contribution is 2.23. The molecule has 0 spiro atoms. The van der Waals surface area contributed by atoms with Gasteiger partial charge in [-0.05, 0) is 7.05 Å². The van der Waals surface area contributed by atoms with Crippen molar-refractivity contribution in [2.45, 2.75) is 0 Å². The number of amides is 2. The Morgan fingerprint density at radius 1 is 1.30 bits per heavy atom. The minimum Gasteiger partial charge on any atom is -0.322 e. The summed E-state index contributed by atoms with van der Waals surface area (Å²) in [5, 5.41) is 2.58. The average molecular weight is 278 g/mol. The van der Waals surface area contributed by atoms with E-state index < -0.39 is 5.95 Å². The van der Waals surface area contributed by atoms with Gasteiger partial charge in [-0.15, -0.1) is 0 Å². The Balaban J connectivity index is 1.79. The predicted octanol–water partition coefficient (Wildman–Crippen LogP) is 0.876. The van der Waals surface area contributed by atoms with Crippen molar-refractivity contribution >= 4 is 22.9 Å². The molecule has 0 radical (unpaired) electrons. The lowest BCUT2D eigenvalue weighted by molar-refractivity contribution is 0.164. The fourth-order valence-electron chi connectivity index (χ4n) is 2.19. The predicted molar refractivity (Wildman–Crippen MR) is 71.9 cm³/mol. The monoisotopic (exact) mass is 278 g/mol. The smallest absolute Gasteiger partial charge is 0.322 e. The summed E-state index contributed by atoms with van der Waals surface area (Å²) in [4.78, 5) is 26.4. The van der Waals surface area contributed by atoms with E-state index in [0.717, 1.165) is 13.1 Å². The minimum absolute atomic E-state index is 0.0528. The Kier molecular flexibility index (Phi) is 3.23. The molecule has 3 rings (SSSR count). The molecule has 0 unspecified atom stereocenters. The van der Waals surface area contributed by atoms with E-state index in [1.165, 1.54) is 12.4 Å². The number of fused-ring (bicyclic) bond motifs is 1. The van der Waals surface area contributed by atoms with Gasteiger partial charge in [0.1, 0.15) is 11.2 Å². The van der Waals surface area contributed by atoms with Crippen LogP contribution >= 0.6 is 0 Å². The molecule has 1 saturated heterocycles. The molecule has 0 aromatic carbocycles. The van der Waals surface area contributed by atoms with Crippen LogP contribution in [0.2, 0.25) is 0 Å². The third kappa shape index (κ3) is 2.29. The highest BCUT2D eigenvalue weighted by molar-refractivity contribution is 5.98. The maximum Gasteiger partial charge on any atom is 0.322 e. The quantitative estimate of drug-likeness (QED) is 0.811. The summed E-state index contributed by atoms with van der Waals surface area (Å²) < 4.78 is 13.8. The summed E-state index contributed by atoms with van der Waals surface area (Å²) in [7, 11) is 2.00. The highest BCUT2D eigenvalue weighted by Gasteiger charge is 2.22. The van der Waals surface area contributed by atoms with Gasteiger partial charge in [0, 0.05) is 38.6 Å². The number of carbonyl (C=O) groups is 1. The van der Waals surface area contributed by atoms with Crippen LogP contribution in [-0.2, 0) is 0 Å². The first-order valence-corrected chi connectivity index (χ1v) is 6.38. The standard InChI is InChI=1S/C12H15FN6O/c1-18-4-6-19(7-5-18)12(20)16-8-9-11(17-10(8)13)15-3-2-14-9/h2-3H,4-7H2,1H3,(H,15,17)(H,16,20). The van der Waals surface area contributed by atoms with E-state index in [9.17, 15) is 9.18 Å². The van der Waals surface area contributed by atoms with Crippen LogP contribution < -0.4 is 5.32 Å². The first-order chi connectivity index (χ1) is 9.65. The molecule has 8 heteroatoms. The van der Waals surface area contributed by atoms with Gasteiger partial charge in [0.05, 0.1) is 0 Å². The van der Waals surface area contributed by atoms with Gasteiger partial charge >= 0.3 is 6.03 Å². The molecule has 1 fully saturated rings. The topological polar surface area (TPSA) is 77.1 Å². The van der Waals surface area contributed by atoms with Crippen LogP contribution in [0.3, 0.4) is 0 Å². The number of hydrogen-bond acceptors (Lipinski definition) is 4. The second-order valence-corrected chi connectivity index (χ2v) is 4.79. The number of halogens is 1. The van der Waals surface area contributed by atoms with E-state index >= 15 is 0 Å². The maximum absolute atomic E-state index is 13.8. The van der Waals surface area contributed by atoms with Crippen LogP contribution in [0, 0.1) is 5.95 Å². The molecule has 0 bridgehead atoms. The van der Waals surface area contributed by atoms with Gasteiger partial charge in [-0.25, -0.2) is 14.8 Å². The second-order valence-electron chi connectivity index (χ2n) is 4.79. The van der Waals surface area contributed by atoms with Gasteiger partial charge in [0.25, 0.3) is 0 Å². The number of nitrogens with one attached hydrogen (secondary N) is 2. The Morgan fingerprint density at radius 2 is 2.00 bits per heavy atom. The van der Waals surface area contributed by atoms with Crippen molar-refractivity contribution < 1.29 is 9.18 Å². The molecular formula is C12H15FN6O. The van der Waals surface area contributed by atoms with Gasteiger partial charge in [0.15, 0.2) is 5.65 Å². The summed E-state index contributed by atoms with van der Waals surface area (Å²) in [5.41, 5.74) is 0.697. The molecule has 2 N–H and O–H groups in total. The normalized spacial score (nSPS) is 16.6. The number of hydrogen-bond donors (Lipinski definition) is 2. The third-order valence-corrected chi connectivity index (χ3v) is 3.41. The molecule has 2 amide bonds. The molecule has 0 aliphatic carbocycles. The first kappa shape index (κ1) is 12.8. The Hall–Kier alpha value is -2.22. The van der Waals surface area contributed by atoms with Crippen molar-refractivity contribution in [3.05, 3.63) is 18.3 Å². The van der Waals surface area contributed by atoms with Gasteiger partial charge < -0.3 is 20.1 Å². The lowest BCUT2D eigenvalue weighted by Crippen LogP contribution is -2.48. The number of anilines is 1. The highest BCUT2D eigenvalue weighted by atomic mass is 19.1. The fraction of sp³-hybridized carbons (Fsp3) is 0.417. The first-order valence-electron chi connectivity index (χ1n) is 6.38. The number of urea groups is 1. The summed E-state index contributed by atoms with van der Waals surface area (Å²) in [6.45, 7) is 2.86. The van der Waals surface area contributed by atoms with Crippen molar-refractivity contribution in [2.75, 3.05) is 38.5 Å². The number of aromatic nitrogens is 3. The van der Waals surface area contributed by atoms with E-state index in [2.05, 4.69) is 25.2 Å². The Bertz CT molecular complexity index is 634. The zero-order valence-electron chi connectivity index (χ0n) is 11.1. The molecule has 1 aliphatic heterocycles. The molecule has 106 valence electrons. The van der Waals surface area contributed by atoms with Crippen molar-refractivity contribution in [1.82, 2.24) is 24.8 Å². The maximum atomic E-state index is 13.8. The zero-order valence-corrected chi connectivity index (χ0v) is 11.1. The van der Waals surface area contributed by atoms with E-state index in [4.69, 9.17) is 0 Å². The number of likely N-dealkylation sites (N-methyl/N-ethyl adjacent to an activating group) is 1. The zero-order chi connectivity index (χ0) is 14.1. The summed E-state index contributed by atoms with van der Waals surface area (Å²) >= 11 is 0. The molecule has 20 heavy (non-hydrogen) atoms. The molecule has 3 heterocycles. The SMILES string of the molecule is CN1CCN(C(=O)Nc2c(F)[nH]c3nccnc23)CC1. The number of rotatable bonds is 1. The van der Waals surface area contributed by atoms with Crippen LogP contribution in [0.15, 0.2) is 12.4 Å². The molecule has 7 nitrogen and oxygen atoms in total. The third-order valence-electron chi connectivity index (χ3n) is 3.41. The number of H-pyrrole nitrogens is 1. The summed E-state index contributed by atoms with van der Waals surface area (Å²) in [6, 6.07) is -0.316. The van der Waals surface area contributed by atoms with E-state index in [0.29, 0.717) is 24.3 Å². The lowest BCUT2D eigenvalue weighted by atomic mass is 10.3. The van der Waals surface area contributed by atoms with Gasteiger partial charge in [-0.1, -0.05) is 0 Å². The van der Waals surface area contributed by atoms with Gasteiger partial charge in [-0.3, -0.25) is 0 Å². The molecule has 1 aliphatic rings. The largest absolute Gasteiger partial charge is 0.322 e. The average Bonchev–Trinajstić information content (AvgIpc) is 2.76. The van der Waals surface area contributed by atoms with Crippen molar-refractivity contribution in [1.29, 1.82) is 0 Å². The molecular weight excluding hydrogens is 263 g/mol. The van der Waals surface area contributed by atoms with Crippen LogP contribution in [0.1, 0.15) is 0 Å². The van der Waals surface area contributed by atoms with E-state index in [1.807, 2.05) is 7.05 Å². The van der Waals surface area contributed by atoms with Crippen molar-refractivity contribution in [3.8, 4) is 0 Å². The van der Waals surface area contributed by atoms with Gasteiger partial charge in [-0.2, -0.15) is 4.39 Å². The summed E-state index contributed by atoms with van der Waals surface area (Å²) in [5.74, 6) is -0.631. The van der Waals surface area contributed by atoms with Crippen molar-refractivity contribution in [3.63, 3.8) is 0 Å².